The molecule has 0 aromatic carbocycles. The Hall–Kier alpha value is -1.32. The van der Waals surface area contributed by atoms with E-state index in [2.05, 4.69) is 5.32 Å². The van der Waals surface area contributed by atoms with E-state index in [4.69, 9.17) is 0 Å². The lowest BCUT2D eigenvalue weighted by molar-refractivity contribution is -0.148. The minimum atomic E-state index is -0.815. The molecule has 0 aromatic rings. The van der Waals surface area contributed by atoms with Gasteiger partial charge in [0.15, 0.2) is 0 Å². The minimum absolute atomic E-state index is 0.0233. The topological polar surface area (TPSA) is 66.4 Å². The van der Waals surface area contributed by atoms with Crippen LogP contribution in [0.15, 0.2) is 12.2 Å². The number of carbonyl (C=O) groups is 2. The second-order valence-electron chi connectivity index (χ2n) is 6.89. The maximum absolute atomic E-state index is 12.6. The summed E-state index contributed by atoms with van der Waals surface area (Å²) in [5.41, 5.74) is 0. The van der Waals surface area contributed by atoms with Crippen molar-refractivity contribution in [3.8, 4) is 0 Å². The van der Waals surface area contributed by atoms with Gasteiger partial charge in [-0.1, -0.05) is 44.3 Å². The van der Waals surface area contributed by atoms with Crippen LogP contribution in [0.4, 0.5) is 0 Å². The average molecular weight is 291 g/mol. The van der Waals surface area contributed by atoms with Gasteiger partial charge >= 0.3 is 5.97 Å². The van der Waals surface area contributed by atoms with Gasteiger partial charge in [-0.3, -0.25) is 9.59 Å². The molecule has 3 aliphatic carbocycles. The van der Waals surface area contributed by atoms with Crippen molar-refractivity contribution in [3.05, 3.63) is 12.2 Å². The van der Waals surface area contributed by atoms with Crippen LogP contribution >= 0.6 is 0 Å². The minimum Gasteiger partial charge on any atom is -0.481 e. The van der Waals surface area contributed by atoms with Gasteiger partial charge in [0.25, 0.3) is 0 Å². The van der Waals surface area contributed by atoms with Gasteiger partial charge in [0, 0.05) is 6.04 Å². The first-order valence-corrected chi connectivity index (χ1v) is 8.38. The number of carbonyl (C=O) groups excluding carboxylic acids is 1. The normalized spacial score (nSPS) is 36.2. The van der Waals surface area contributed by atoms with Gasteiger partial charge < -0.3 is 10.4 Å². The molecule has 2 saturated carbocycles. The third-order valence-electron chi connectivity index (χ3n) is 5.50. The molecule has 21 heavy (non-hydrogen) atoms. The fourth-order valence-electron chi connectivity index (χ4n) is 4.41. The average Bonchev–Trinajstić information content (AvgIpc) is 3.01. The van der Waals surface area contributed by atoms with Crippen LogP contribution in [0.2, 0.25) is 0 Å². The Morgan fingerprint density at radius 1 is 0.905 bits per heavy atom. The van der Waals surface area contributed by atoms with Gasteiger partial charge in [-0.05, 0) is 31.1 Å². The first kappa shape index (κ1) is 14.6. The number of amides is 1. The molecule has 0 saturated heterocycles. The van der Waals surface area contributed by atoms with E-state index in [1.165, 1.54) is 32.1 Å². The molecular weight excluding hydrogens is 266 g/mol. The quantitative estimate of drug-likeness (QED) is 0.786. The van der Waals surface area contributed by atoms with E-state index in [9.17, 15) is 14.7 Å². The summed E-state index contributed by atoms with van der Waals surface area (Å²) in [7, 11) is 0. The lowest BCUT2D eigenvalue weighted by atomic mass is 9.82. The Morgan fingerprint density at radius 3 is 2.10 bits per heavy atom. The van der Waals surface area contributed by atoms with E-state index in [1.807, 2.05) is 12.2 Å². The fourth-order valence-corrected chi connectivity index (χ4v) is 4.41. The van der Waals surface area contributed by atoms with Gasteiger partial charge in [0.05, 0.1) is 11.8 Å². The van der Waals surface area contributed by atoms with E-state index in [0.717, 1.165) is 19.3 Å². The van der Waals surface area contributed by atoms with Crippen LogP contribution in [0.5, 0.6) is 0 Å². The van der Waals surface area contributed by atoms with Gasteiger partial charge in [-0.2, -0.15) is 0 Å². The summed E-state index contributed by atoms with van der Waals surface area (Å²) in [4.78, 5) is 24.1. The summed E-state index contributed by atoms with van der Waals surface area (Å²) in [5, 5.41) is 12.6. The highest BCUT2D eigenvalue weighted by atomic mass is 16.4. The van der Waals surface area contributed by atoms with Gasteiger partial charge in [-0.25, -0.2) is 0 Å². The van der Waals surface area contributed by atoms with E-state index >= 15 is 0 Å². The molecule has 3 rings (SSSR count). The van der Waals surface area contributed by atoms with Gasteiger partial charge in [0.2, 0.25) is 5.91 Å². The molecular formula is C17H25NO3. The number of nitrogens with one attached hydrogen (secondary N) is 1. The molecule has 0 heterocycles. The van der Waals surface area contributed by atoms with Crippen molar-refractivity contribution in [1.82, 2.24) is 5.32 Å². The Kier molecular flexibility index (Phi) is 4.32. The fraction of sp³-hybridized carbons (Fsp3) is 0.765. The van der Waals surface area contributed by atoms with E-state index in [-0.39, 0.29) is 29.7 Å². The van der Waals surface area contributed by atoms with Crippen LogP contribution in [0.25, 0.3) is 0 Å². The lowest BCUT2D eigenvalue weighted by Crippen LogP contribution is -2.44. The molecule has 2 unspecified atom stereocenters. The predicted molar refractivity (Wildman–Crippen MR) is 79.6 cm³/mol. The Morgan fingerprint density at radius 2 is 1.48 bits per heavy atom. The largest absolute Gasteiger partial charge is 0.481 e. The van der Waals surface area contributed by atoms with Crippen molar-refractivity contribution in [3.63, 3.8) is 0 Å². The Labute approximate surface area is 126 Å². The van der Waals surface area contributed by atoms with Crippen molar-refractivity contribution in [2.24, 2.45) is 23.7 Å². The van der Waals surface area contributed by atoms with Gasteiger partial charge in [-0.15, -0.1) is 0 Å². The maximum atomic E-state index is 12.6. The van der Waals surface area contributed by atoms with E-state index in [1.54, 1.807) is 0 Å². The number of hydrogen-bond acceptors (Lipinski definition) is 2. The molecule has 0 aromatic heterocycles. The predicted octanol–water partition coefficient (Wildman–Crippen LogP) is 2.74. The second kappa shape index (κ2) is 6.20. The Balaban J connectivity index is 1.64. The number of fused-ring (bicyclic) bond motifs is 2. The first-order valence-electron chi connectivity index (χ1n) is 8.38. The van der Waals surface area contributed by atoms with Crippen LogP contribution in [-0.4, -0.2) is 23.0 Å². The molecule has 4 heteroatoms. The third-order valence-corrected chi connectivity index (χ3v) is 5.50. The van der Waals surface area contributed by atoms with Gasteiger partial charge in [0.1, 0.15) is 0 Å². The summed E-state index contributed by atoms with van der Waals surface area (Å²) >= 11 is 0. The van der Waals surface area contributed by atoms with Crippen LogP contribution in [0, 0.1) is 23.7 Å². The van der Waals surface area contributed by atoms with Crippen molar-refractivity contribution in [2.45, 2.75) is 57.4 Å². The standard InChI is InChI=1S/C17H25NO3/c19-16(18-13-6-4-2-1-3-5-7-13)14-11-8-9-12(10-11)15(14)17(20)21/h8-9,11-15H,1-7,10H2,(H,18,19)(H,20,21)/t11?,12?,14-,15+/m0/s1. The molecule has 0 aliphatic heterocycles. The number of hydrogen-bond donors (Lipinski definition) is 2. The van der Waals surface area contributed by atoms with Crippen LogP contribution in [0.1, 0.15) is 51.4 Å². The third kappa shape index (κ3) is 2.99. The Bertz CT molecular complexity index is 437. The van der Waals surface area contributed by atoms with Crippen molar-refractivity contribution in [2.75, 3.05) is 0 Å². The maximum Gasteiger partial charge on any atom is 0.307 e. The van der Waals surface area contributed by atoms with Crippen LogP contribution < -0.4 is 5.32 Å². The number of allylic oxidation sites excluding steroid dienone is 2. The smallest absolute Gasteiger partial charge is 0.307 e. The second-order valence-corrected chi connectivity index (χ2v) is 6.89. The first-order chi connectivity index (χ1) is 10.2. The highest BCUT2D eigenvalue weighted by molar-refractivity contribution is 5.87. The molecule has 1 amide bonds. The van der Waals surface area contributed by atoms with Crippen LogP contribution in [0.3, 0.4) is 0 Å². The monoisotopic (exact) mass is 291 g/mol. The van der Waals surface area contributed by atoms with Crippen molar-refractivity contribution >= 4 is 11.9 Å². The number of carboxylic acid groups (broad SMARTS) is 1. The number of carboxylic acids is 1. The molecule has 116 valence electrons. The zero-order valence-corrected chi connectivity index (χ0v) is 12.5. The summed E-state index contributed by atoms with van der Waals surface area (Å²) < 4.78 is 0. The zero-order chi connectivity index (χ0) is 14.8. The summed E-state index contributed by atoms with van der Waals surface area (Å²) in [6, 6.07) is 0.246. The number of aliphatic carboxylic acids is 1. The summed E-state index contributed by atoms with van der Waals surface area (Å²) in [5.74, 6) is -1.53. The van der Waals surface area contributed by atoms with E-state index < -0.39 is 11.9 Å². The van der Waals surface area contributed by atoms with Crippen LogP contribution in [-0.2, 0) is 9.59 Å². The van der Waals surface area contributed by atoms with Crippen molar-refractivity contribution < 1.29 is 14.7 Å². The summed E-state index contributed by atoms with van der Waals surface area (Å²) in [6.45, 7) is 0. The zero-order valence-electron chi connectivity index (χ0n) is 12.5. The van der Waals surface area contributed by atoms with E-state index in [0.29, 0.717) is 0 Å². The number of rotatable bonds is 3. The molecule has 4 atom stereocenters. The molecule has 4 nitrogen and oxygen atoms in total. The molecule has 2 fully saturated rings. The molecule has 2 bridgehead atoms. The highest BCUT2D eigenvalue weighted by Crippen LogP contribution is 2.48. The molecule has 0 spiro atoms. The lowest BCUT2D eigenvalue weighted by Gasteiger charge is -2.27. The van der Waals surface area contributed by atoms with Crippen molar-refractivity contribution in [1.29, 1.82) is 0 Å². The summed E-state index contributed by atoms with van der Waals surface area (Å²) in [6.07, 6.45) is 13.1. The molecule has 0 radical (unpaired) electrons. The SMILES string of the molecule is O=C(O)[C@@H]1C2C=CC(C2)[C@@H]1C(=O)NC1CCCCCCC1. The molecule has 3 aliphatic rings. The molecule has 2 N–H and O–H groups in total. The highest BCUT2D eigenvalue weighted by Gasteiger charge is 2.51.